The molecule has 0 heterocycles. The molecular formula is C15H34N2. The highest BCUT2D eigenvalue weighted by Crippen LogP contribution is 2.03. The molecule has 0 spiro atoms. The van der Waals surface area contributed by atoms with Crippen molar-refractivity contribution < 1.29 is 0 Å². The number of hydrogen-bond acceptors (Lipinski definition) is 2. The first-order valence-corrected chi connectivity index (χ1v) is 7.78. The van der Waals surface area contributed by atoms with Gasteiger partial charge < -0.3 is 10.2 Å². The Balaban J connectivity index is 3.03. The van der Waals surface area contributed by atoms with Crippen LogP contribution in [0.3, 0.4) is 0 Å². The van der Waals surface area contributed by atoms with Crippen molar-refractivity contribution in [3.63, 3.8) is 0 Å². The second kappa shape index (κ2) is 14.0. The van der Waals surface area contributed by atoms with Crippen molar-refractivity contribution in [2.75, 3.05) is 32.7 Å². The number of hydrogen-bond donors (Lipinski definition) is 1. The molecule has 0 aliphatic rings. The van der Waals surface area contributed by atoms with Gasteiger partial charge in [-0.25, -0.2) is 0 Å². The van der Waals surface area contributed by atoms with Gasteiger partial charge in [0.05, 0.1) is 0 Å². The van der Waals surface area contributed by atoms with E-state index in [1.165, 1.54) is 77.7 Å². The van der Waals surface area contributed by atoms with Crippen LogP contribution in [0.1, 0.15) is 65.7 Å². The first kappa shape index (κ1) is 16.9. The fourth-order valence-corrected chi connectivity index (χ4v) is 2.12. The molecule has 0 atom stereocenters. The first-order chi connectivity index (χ1) is 8.35. The van der Waals surface area contributed by atoms with Crippen LogP contribution in [0, 0.1) is 0 Å². The van der Waals surface area contributed by atoms with E-state index < -0.39 is 0 Å². The summed E-state index contributed by atoms with van der Waals surface area (Å²) in [7, 11) is 0. The average Bonchev–Trinajstić information content (AvgIpc) is 2.36. The molecule has 0 aromatic carbocycles. The quantitative estimate of drug-likeness (QED) is 0.496. The predicted octanol–water partition coefficient (Wildman–Crippen LogP) is 3.67. The minimum absolute atomic E-state index is 1.19. The standard InChI is InChI=1S/C15H34N2/c1-4-7-8-9-10-11-13-16-14-12-15-17(5-2)6-3/h16H,4-15H2,1-3H3. The van der Waals surface area contributed by atoms with Crippen molar-refractivity contribution in [3.05, 3.63) is 0 Å². The number of unbranched alkanes of at least 4 members (excludes halogenated alkanes) is 5. The van der Waals surface area contributed by atoms with Gasteiger partial charge in [0.25, 0.3) is 0 Å². The highest BCUT2D eigenvalue weighted by Gasteiger charge is 1.97. The van der Waals surface area contributed by atoms with E-state index in [9.17, 15) is 0 Å². The Hall–Kier alpha value is -0.0800. The van der Waals surface area contributed by atoms with Gasteiger partial charge in [0.2, 0.25) is 0 Å². The molecule has 2 heteroatoms. The summed E-state index contributed by atoms with van der Waals surface area (Å²) in [6.07, 6.45) is 9.67. The monoisotopic (exact) mass is 242 g/mol. The van der Waals surface area contributed by atoms with Gasteiger partial charge in [0.1, 0.15) is 0 Å². The van der Waals surface area contributed by atoms with Crippen LogP contribution in [0.25, 0.3) is 0 Å². The van der Waals surface area contributed by atoms with Crippen molar-refractivity contribution in [3.8, 4) is 0 Å². The van der Waals surface area contributed by atoms with Gasteiger partial charge in [0.15, 0.2) is 0 Å². The maximum absolute atomic E-state index is 3.55. The molecular weight excluding hydrogens is 208 g/mol. The molecule has 0 rings (SSSR count). The first-order valence-electron chi connectivity index (χ1n) is 7.78. The largest absolute Gasteiger partial charge is 0.317 e. The van der Waals surface area contributed by atoms with Crippen molar-refractivity contribution in [1.82, 2.24) is 10.2 Å². The molecule has 0 aliphatic carbocycles. The SMILES string of the molecule is CCCCCCCCNCCCN(CC)CC. The molecule has 0 aromatic rings. The van der Waals surface area contributed by atoms with Gasteiger partial charge in [-0.2, -0.15) is 0 Å². The second-order valence-electron chi connectivity index (χ2n) is 4.90. The summed E-state index contributed by atoms with van der Waals surface area (Å²) in [5.74, 6) is 0. The van der Waals surface area contributed by atoms with E-state index in [2.05, 4.69) is 31.0 Å². The third-order valence-electron chi connectivity index (χ3n) is 3.43. The molecule has 0 saturated carbocycles. The zero-order valence-electron chi connectivity index (χ0n) is 12.4. The minimum Gasteiger partial charge on any atom is -0.317 e. The summed E-state index contributed by atoms with van der Waals surface area (Å²) in [6.45, 7) is 12.8. The van der Waals surface area contributed by atoms with Crippen molar-refractivity contribution in [2.24, 2.45) is 0 Å². The Labute approximate surface area is 109 Å². The van der Waals surface area contributed by atoms with Crippen molar-refractivity contribution in [1.29, 1.82) is 0 Å². The van der Waals surface area contributed by atoms with E-state index in [4.69, 9.17) is 0 Å². The molecule has 0 amide bonds. The van der Waals surface area contributed by atoms with E-state index in [-0.39, 0.29) is 0 Å². The molecule has 0 fully saturated rings. The maximum Gasteiger partial charge on any atom is -0.000687 e. The second-order valence-corrected chi connectivity index (χ2v) is 4.90. The highest BCUT2D eigenvalue weighted by atomic mass is 15.1. The number of nitrogens with zero attached hydrogens (tertiary/aromatic N) is 1. The lowest BCUT2D eigenvalue weighted by atomic mass is 10.1. The van der Waals surface area contributed by atoms with Gasteiger partial charge in [-0.05, 0) is 45.6 Å². The zero-order chi connectivity index (χ0) is 12.8. The Kier molecular flexibility index (Phi) is 13.9. The fraction of sp³-hybridized carbons (Fsp3) is 1.00. The van der Waals surface area contributed by atoms with Crippen LogP contribution in [0.4, 0.5) is 0 Å². The van der Waals surface area contributed by atoms with Gasteiger partial charge in [-0.15, -0.1) is 0 Å². The lowest BCUT2D eigenvalue weighted by molar-refractivity contribution is 0.298. The van der Waals surface area contributed by atoms with Crippen LogP contribution in [-0.4, -0.2) is 37.6 Å². The molecule has 0 radical (unpaired) electrons. The van der Waals surface area contributed by atoms with Crippen LogP contribution in [0.2, 0.25) is 0 Å². The summed E-state index contributed by atoms with van der Waals surface area (Å²) >= 11 is 0. The van der Waals surface area contributed by atoms with Gasteiger partial charge in [0, 0.05) is 0 Å². The molecule has 0 unspecified atom stereocenters. The van der Waals surface area contributed by atoms with Crippen LogP contribution in [-0.2, 0) is 0 Å². The van der Waals surface area contributed by atoms with Crippen molar-refractivity contribution in [2.45, 2.75) is 65.7 Å². The zero-order valence-corrected chi connectivity index (χ0v) is 12.4. The molecule has 17 heavy (non-hydrogen) atoms. The molecule has 0 bridgehead atoms. The molecule has 2 nitrogen and oxygen atoms in total. The molecule has 0 saturated heterocycles. The summed E-state index contributed by atoms with van der Waals surface area (Å²) in [6, 6.07) is 0. The number of nitrogens with one attached hydrogen (secondary N) is 1. The molecule has 1 N–H and O–H groups in total. The van der Waals surface area contributed by atoms with Crippen LogP contribution in [0.5, 0.6) is 0 Å². The van der Waals surface area contributed by atoms with Crippen LogP contribution >= 0.6 is 0 Å². The van der Waals surface area contributed by atoms with E-state index >= 15 is 0 Å². The Morgan fingerprint density at radius 1 is 0.706 bits per heavy atom. The third-order valence-corrected chi connectivity index (χ3v) is 3.43. The Morgan fingerprint density at radius 2 is 1.29 bits per heavy atom. The summed E-state index contributed by atoms with van der Waals surface area (Å²) in [5.41, 5.74) is 0. The lowest BCUT2D eigenvalue weighted by Gasteiger charge is -2.17. The fourth-order valence-electron chi connectivity index (χ4n) is 2.12. The van der Waals surface area contributed by atoms with E-state index in [1.807, 2.05) is 0 Å². The topological polar surface area (TPSA) is 15.3 Å². The van der Waals surface area contributed by atoms with Crippen LogP contribution in [0.15, 0.2) is 0 Å². The Morgan fingerprint density at radius 3 is 1.94 bits per heavy atom. The van der Waals surface area contributed by atoms with E-state index in [1.54, 1.807) is 0 Å². The molecule has 0 aromatic heterocycles. The third kappa shape index (κ3) is 12.2. The van der Waals surface area contributed by atoms with Gasteiger partial charge in [-0.3, -0.25) is 0 Å². The number of rotatable bonds is 13. The summed E-state index contributed by atoms with van der Waals surface area (Å²) in [4.78, 5) is 2.49. The summed E-state index contributed by atoms with van der Waals surface area (Å²) in [5, 5.41) is 3.55. The van der Waals surface area contributed by atoms with Gasteiger partial charge >= 0.3 is 0 Å². The van der Waals surface area contributed by atoms with E-state index in [0.29, 0.717) is 0 Å². The van der Waals surface area contributed by atoms with Crippen molar-refractivity contribution >= 4 is 0 Å². The van der Waals surface area contributed by atoms with Gasteiger partial charge in [-0.1, -0.05) is 52.9 Å². The maximum atomic E-state index is 3.55. The van der Waals surface area contributed by atoms with E-state index in [0.717, 1.165) is 0 Å². The minimum atomic E-state index is 1.19. The van der Waals surface area contributed by atoms with Crippen LogP contribution < -0.4 is 5.32 Å². The lowest BCUT2D eigenvalue weighted by Crippen LogP contribution is -2.27. The summed E-state index contributed by atoms with van der Waals surface area (Å²) < 4.78 is 0. The predicted molar refractivity (Wildman–Crippen MR) is 78.7 cm³/mol. The molecule has 0 aliphatic heterocycles. The normalized spacial score (nSPS) is 11.3. The Bertz CT molecular complexity index is 133. The average molecular weight is 242 g/mol. The molecule has 104 valence electrons. The highest BCUT2D eigenvalue weighted by molar-refractivity contribution is 4.55. The smallest absolute Gasteiger partial charge is 0.000687 e.